The summed E-state index contributed by atoms with van der Waals surface area (Å²) in [6.07, 6.45) is 2.66. The number of rotatable bonds is 3. The van der Waals surface area contributed by atoms with Gasteiger partial charge in [-0.2, -0.15) is 0 Å². The van der Waals surface area contributed by atoms with Gasteiger partial charge in [0.15, 0.2) is 0 Å². The largest absolute Gasteiger partial charge is 0.379 e. The van der Waals surface area contributed by atoms with Crippen LogP contribution in [0.3, 0.4) is 0 Å². The van der Waals surface area contributed by atoms with Crippen LogP contribution in [-0.4, -0.2) is 48.6 Å². The van der Waals surface area contributed by atoms with E-state index in [1.165, 1.54) is 0 Å². The van der Waals surface area contributed by atoms with Crippen LogP contribution < -0.4 is 11.5 Å². The van der Waals surface area contributed by atoms with Crippen molar-refractivity contribution in [1.29, 1.82) is 0 Å². The van der Waals surface area contributed by atoms with Crippen molar-refractivity contribution >= 4 is 11.8 Å². The lowest BCUT2D eigenvalue weighted by Crippen LogP contribution is -2.57. The Kier molecular flexibility index (Phi) is 3.87. The van der Waals surface area contributed by atoms with Gasteiger partial charge in [0.1, 0.15) is 5.54 Å². The zero-order valence-corrected chi connectivity index (χ0v) is 10.6. The molecule has 18 heavy (non-hydrogen) atoms. The molecular formula is C12H21N3O3. The van der Waals surface area contributed by atoms with Crippen molar-refractivity contribution in [2.75, 3.05) is 26.3 Å². The Hall–Kier alpha value is -1.14. The highest BCUT2D eigenvalue weighted by Gasteiger charge is 2.41. The lowest BCUT2D eigenvalue weighted by atomic mass is 9.91. The fourth-order valence-corrected chi connectivity index (χ4v) is 2.69. The van der Waals surface area contributed by atoms with Crippen molar-refractivity contribution in [3.05, 3.63) is 0 Å². The van der Waals surface area contributed by atoms with E-state index in [0.29, 0.717) is 45.1 Å². The van der Waals surface area contributed by atoms with Crippen molar-refractivity contribution < 1.29 is 14.3 Å². The molecule has 0 saturated carbocycles. The van der Waals surface area contributed by atoms with Crippen LogP contribution in [0.2, 0.25) is 0 Å². The molecule has 6 nitrogen and oxygen atoms in total. The zero-order valence-electron chi connectivity index (χ0n) is 10.6. The average molecular weight is 255 g/mol. The minimum Gasteiger partial charge on any atom is -0.379 e. The predicted octanol–water partition coefficient (Wildman–Crippen LogP) is -0.782. The Morgan fingerprint density at radius 1 is 1.33 bits per heavy atom. The van der Waals surface area contributed by atoms with E-state index in [9.17, 15) is 9.59 Å². The van der Waals surface area contributed by atoms with Gasteiger partial charge < -0.3 is 21.1 Å². The highest BCUT2D eigenvalue weighted by Crippen LogP contribution is 2.24. The number of ether oxygens (including phenoxy) is 1. The number of primary amides is 1. The molecule has 0 aromatic carbocycles. The van der Waals surface area contributed by atoms with E-state index in [1.807, 2.05) is 0 Å². The van der Waals surface area contributed by atoms with E-state index in [2.05, 4.69) is 0 Å². The quantitative estimate of drug-likeness (QED) is 0.691. The standard InChI is InChI=1S/C12H21N3O3/c13-10(16)7-9-1-4-15(5-2-9)11(17)12(14)3-6-18-8-12/h9H,1-8,14H2,(H2,13,16). The number of carbonyl (C=O) groups is 2. The van der Waals surface area contributed by atoms with Gasteiger partial charge in [-0.1, -0.05) is 0 Å². The maximum Gasteiger partial charge on any atom is 0.245 e. The summed E-state index contributed by atoms with van der Waals surface area (Å²) in [6.45, 7) is 2.19. The van der Waals surface area contributed by atoms with Crippen LogP contribution in [0.1, 0.15) is 25.7 Å². The first-order valence-electron chi connectivity index (χ1n) is 6.45. The van der Waals surface area contributed by atoms with Gasteiger partial charge in [0.05, 0.1) is 6.61 Å². The third-order valence-electron chi connectivity index (χ3n) is 3.87. The van der Waals surface area contributed by atoms with Gasteiger partial charge in [0.25, 0.3) is 0 Å². The van der Waals surface area contributed by atoms with Crippen LogP contribution in [-0.2, 0) is 14.3 Å². The van der Waals surface area contributed by atoms with Gasteiger partial charge in [-0.3, -0.25) is 9.59 Å². The van der Waals surface area contributed by atoms with Crippen LogP contribution in [0.4, 0.5) is 0 Å². The summed E-state index contributed by atoms with van der Waals surface area (Å²) in [5.74, 6) is 0.0249. The van der Waals surface area contributed by atoms with E-state index in [-0.39, 0.29) is 11.8 Å². The summed E-state index contributed by atoms with van der Waals surface area (Å²) in [5.41, 5.74) is 10.4. The molecule has 0 radical (unpaired) electrons. The maximum absolute atomic E-state index is 12.3. The van der Waals surface area contributed by atoms with Gasteiger partial charge in [0, 0.05) is 26.1 Å². The SMILES string of the molecule is NC(=O)CC1CCN(C(=O)C2(N)CCOC2)CC1. The predicted molar refractivity (Wildman–Crippen MR) is 65.5 cm³/mol. The van der Waals surface area contributed by atoms with Crippen LogP contribution in [0, 0.1) is 5.92 Å². The van der Waals surface area contributed by atoms with Crippen molar-refractivity contribution in [2.45, 2.75) is 31.2 Å². The van der Waals surface area contributed by atoms with Gasteiger partial charge in [-0.05, 0) is 25.2 Å². The number of nitrogens with zero attached hydrogens (tertiary/aromatic N) is 1. The van der Waals surface area contributed by atoms with Gasteiger partial charge in [-0.25, -0.2) is 0 Å². The fraction of sp³-hybridized carbons (Fsp3) is 0.833. The number of likely N-dealkylation sites (tertiary alicyclic amines) is 1. The molecule has 2 amide bonds. The second kappa shape index (κ2) is 5.24. The van der Waals surface area contributed by atoms with E-state index >= 15 is 0 Å². The van der Waals surface area contributed by atoms with Crippen molar-refractivity contribution in [3.8, 4) is 0 Å². The molecule has 1 unspecified atom stereocenters. The second-order valence-electron chi connectivity index (χ2n) is 5.36. The maximum atomic E-state index is 12.3. The van der Waals surface area contributed by atoms with Crippen molar-refractivity contribution in [1.82, 2.24) is 4.90 Å². The Labute approximate surface area is 107 Å². The van der Waals surface area contributed by atoms with Gasteiger partial charge in [0.2, 0.25) is 11.8 Å². The molecule has 0 aliphatic carbocycles. The van der Waals surface area contributed by atoms with Crippen LogP contribution in [0.15, 0.2) is 0 Å². The molecule has 2 aliphatic rings. The van der Waals surface area contributed by atoms with E-state index in [0.717, 1.165) is 12.8 Å². The molecule has 0 aromatic rings. The lowest BCUT2D eigenvalue weighted by Gasteiger charge is -2.36. The molecule has 0 bridgehead atoms. The van der Waals surface area contributed by atoms with Gasteiger partial charge in [-0.15, -0.1) is 0 Å². The second-order valence-corrected chi connectivity index (χ2v) is 5.36. The molecule has 2 heterocycles. The highest BCUT2D eigenvalue weighted by atomic mass is 16.5. The summed E-state index contributed by atoms with van der Waals surface area (Å²) in [5, 5.41) is 0. The molecule has 0 aromatic heterocycles. The van der Waals surface area contributed by atoms with E-state index in [1.54, 1.807) is 4.90 Å². The molecule has 2 saturated heterocycles. The first kappa shape index (κ1) is 13.3. The van der Waals surface area contributed by atoms with E-state index in [4.69, 9.17) is 16.2 Å². The third-order valence-corrected chi connectivity index (χ3v) is 3.87. The smallest absolute Gasteiger partial charge is 0.245 e. The number of carbonyl (C=O) groups excluding carboxylic acids is 2. The molecule has 102 valence electrons. The first-order valence-corrected chi connectivity index (χ1v) is 6.45. The summed E-state index contributed by atoms with van der Waals surface area (Å²) in [6, 6.07) is 0. The normalized spacial score (nSPS) is 29.5. The molecule has 4 N–H and O–H groups in total. The number of piperidine rings is 1. The van der Waals surface area contributed by atoms with Crippen molar-refractivity contribution in [2.24, 2.45) is 17.4 Å². The molecule has 6 heteroatoms. The number of hydrogen-bond acceptors (Lipinski definition) is 4. The Morgan fingerprint density at radius 2 is 2.00 bits per heavy atom. The number of hydrogen-bond donors (Lipinski definition) is 2. The van der Waals surface area contributed by atoms with Crippen molar-refractivity contribution in [3.63, 3.8) is 0 Å². The molecule has 2 aliphatic heterocycles. The van der Waals surface area contributed by atoms with Crippen LogP contribution in [0.25, 0.3) is 0 Å². The molecule has 2 rings (SSSR count). The molecule has 0 spiro atoms. The van der Waals surface area contributed by atoms with Crippen LogP contribution >= 0.6 is 0 Å². The Bertz CT molecular complexity index is 331. The lowest BCUT2D eigenvalue weighted by molar-refractivity contribution is -0.138. The Balaban J connectivity index is 1.86. The third kappa shape index (κ3) is 2.81. The molecule has 1 atom stereocenters. The average Bonchev–Trinajstić information content (AvgIpc) is 2.77. The summed E-state index contributed by atoms with van der Waals surface area (Å²) < 4.78 is 5.21. The zero-order chi connectivity index (χ0) is 13.2. The fourth-order valence-electron chi connectivity index (χ4n) is 2.69. The monoisotopic (exact) mass is 255 g/mol. The number of nitrogens with two attached hydrogens (primary N) is 2. The summed E-state index contributed by atoms with van der Waals surface area (Å²) >= 11 is 0. The van der Waals surface area contributed by atoms with Gasteiger partial charge >= 0.3 is 0 Å². The highest BCUT2D eigenvalue weighted by molar-refractivity contribution is 5.86. The Morgan fingerprint density at radius 3 is 2.50 bits per heavy atom. The first-order chi connectivity index (χ1) is 8.51. The minimum atomic E-state index is -0.837. The van der Waals surface area contributed by atoms with Crippen LogP contribution in [0.5, 0.6) is 0 Å². The number of amides is 2. The topological polar surface area (TPSA) is 98.7 Å². The minimum absolute atomic E-state index is 0.0162. The molecule has 2 fully saturated rings. The summed E-state index contributed by atoms with van der Waals surface area (Å²) in [4.78, 5) is 24.9. The summed E-state index contributed by atoms with van der Waals surface area (Å²) in [7, 11) is 0. The van der Waals surface area contributed by atoms with E-state index < -0.39 is 5.54 Å². The molecular weight excluding hydrogens is 234 g/mol.